The summed E-state index contributed by atoms with van der Waals surface area (Å²) in [5.74, 6) is 1.59. The van der Waals surface area contributed by atoms with Crippen molar-refractivity contribution in [3.8, 4) is 16.9 Å². The lowest BCUT2D eigenvalue weighted by Crippen LogP contribution is -2.22. The Balaban J connectivity index is 1.45. The lowest BCUT2D eigenvalue weighted by Gasteiger charge is -2.23. The number of benzene rings is 3. The Kier molecular flexibility index (Phi) is 5.03. The van der Waals surface area contributed by atoms with Crippen molar-refractivity contribution < 1.29 is 4.74 Å². The highest BCUT2D eigenvalue weighted by Gasteiger charge is 2.17. The van der Waals surface area contributed by atoms with E-state index in [2.05, 4.69) is 66.7 Å². The molecule has 132 valence electrons. The van der Waals surface area contributed by atoms with Crippen molar-refractivity contribution in [2.75, 3.05) is 6.54 Å². The molecule has 1 atom stereocenters. The minimum atomic E-state index is 0.588. The molecule has 0 aliphatic heterocycles. The highest BCUT2D eigenvalue weighted by Crippen LogP contribution is 2.29. The predicted molar refractivity (Wildman–Crippen MR) is 107 cm³/mol. The molecule has 26 heavy (non-hydrogen) atoms. The van der Waals surface area contributed by atoms with E-state index in [-0.39, 0.29) is 0 Å². The Bertz CT molecular complexity index is 872. The zero-order valence-corrected chi connectivity index (χ0v) is 15.0. The smallest absolute Gasteiger partial charge is 0.120 e. The van der Waals surface area contributed by atoms with Gasteiger partial charge >= 0.3 is 0 Å². The van der Waals surface area contributed by atoms with Crippen LogP contribution in [0.15, 0.2) is 72.8 Å². The Morgan fingerprint density at radius 2 is 1.69 bits per heavy atom. The summed E-state index contributed by atoms with van der Waals surface area (Å²) in [5, 5.41) is 0. The van der Waals surface area contributed by atoms with Crippen molar-refractivity contribution >= 4 is 0 Å². The molecule has 0 spiro atoms. The molecule has 0 amide bonds. The van der Waals surface area contributed by atoms with Gasteiger partial charge in [0.15, 0.2) is 0 Å². The van der Waals surface area contributed by atoms with Crippen LogP contribution in [0.25, 0.3) is 11.1 Å². The van der Waals surface area contributed by atoms with Gasteiger partial charge in [0, 0.05) is 0 Å². The van der Waals surface area contributed by atoms with Crippen LogP contribution in [0, 0.1) is 5.92 Å². The Labute approximate surface area is 155 Å². The Morgan fingerprint density at radius 1 is 0.846 bits per heavy atom. The van der Waals surface area contributed by atoms with E-state index in [9.17, 15) is 0 Å². The monoisotopic (exact) mass is 343 g/mol. The largest absolute Gasteiger partial charge is 0.489 e. The number of nitrogens with two attached hydrogens (primary N) is 1. The molecular weight excluding hydrogens is 318 g/mol. The van der Waals surface area contributed by atoms with Crippen LogP contribution in [0.4, 0.5) is 0 Å². The molecule has 3 aromatic carbocycles. The minimum Gasteiger partial charge on any atom is -0.489 e. The fourth-order valence-electron chi connectivity index (χ4n) is 3.74. The molecule has 3 aromatic rings. The van der Waals surface area contributed by atoms with Gasteiger partial charge in [-0.1, -0.05) is 54.6 Å². The second-order valence-corrected chi connectivity index (χ2v) is 7.13. The maximum Gasteiger partial charge on any atom is 0.120 e. The molecule has 0 saturated carbocycles. The zero-order valence-electron chi connectivity index (χ0n) is 15.0. The van der Waals surface area contributed by atoms with Crippen LogP contribution in [0.5, 0.6) is 5.75 Å². The molecule has 0 bridgehead atoms. The van der Waals surface area contributed by atoms with E-state index in [1.165, 1.54) is 34.2 Å². The number of aryl methyl sites for hydroxylation is 1. The van der Waals surface area contributed by atoms with Gasteiger partial charge in [0.25, 0.3) is 0 Å². The van der Waals surface area contributed by atoms with Gasteiger partial charge in [0.05, 0.1) is 0 Å². The van der Waals surface area contributed by atoms with Crippen LogP contribution in [-0.2, 0) is 19.4 Å². The van der Waals surface area contributed by atoms with Crippen LogP contribution in [0.2, 0.25) is 0 Å². The molecular formula is C24H25NO. The Morgan fingerprint density at radius 3 is 2.54 bits per heavy atom. The van der Waals surface area contributed by atoms with Crippen LogP contribution in [0.3, 0.4) is 0 Å². The zero-order chi connectivity index (χ0) is 17.8. The molecule has 1 unspecified atom stereocenters. The lowest BCUT2D eigenvalue weighted by molar-refractivity contribution is 0.305. The maximum atomic E-state index is 6.08. The summed E-state index contributed by atoms with van der Waals surface area (Å²) in [6.45, 7) is 1.38. The van der Waals surface area contributed by atoms with E-state index < -0.39 is 0 Å². The normalized spacial score (nSPS) is 16.1. The van der Waals surface area contributed by atoms with Gasteiger partial charge in [-0.05, 0) is 77.7 Å². The molecule has 1 aliphatic carbocycles. The van der Waals surface area contributed by atoms with E-state index in [1.54, 1.807) is 0 Å². The molecule has 0 radical (unpaired) electrons. The maximum absolute atomic E-state index is 6.08. The summed E-state index contributed by atoms with van der Waals surface area (Å²) < 4.78 is 6.08. The van der Waals surface area contributed by atoms with Crippen molar-refractivity contribution in [1.82, 2.24) is 0 Å². The van der Waals surface area contributed by atoms with Crippen LogP contribution in [0.1, 0.15) is 23.1 Å². The van der Waals surface area contributed by atoms with Gasteiger partial charge in [0.1, 0.15) is 12.4 Å². The number of rotatable bonds is 5. The summed E-state index contributed by atoms with van der Waals surface area (Å²) in [6.07, 6.45) is 3.40. The van der Waals surface area contributed by atoms with Crippen LogP contribution in [-0.4, -0.2) is 6.54 Å². The third-order valence-electron chi connectivity index (χ3n) is 5.28. The van der Waals surface area contributed by atoms with Gasteiger partial charge in [-0.2, -0.15) is 0 Å². The van der Waals surface area contributed by atoms with Crippen LogP contribution >= 0.6 is 0 Å². The van der Waals surface area contributed by atoms with E-state index in [4.69, 9.17) is 10.5 Å². The first-order valence-electron chi connectivity index (χ1n) is 9.41. The molecule has 1 aliphatic rings. The third-order valence-corrected chi connectivity index (χ3v) is 5.28. The molecule has 2 nitrogen and oxygen atoms in total. The highest BCUT2D eigenvalue weighted by molar-refractivity contribution is 5.63. The van der Waals surface area contributed by atoms with Gasteiger partial charge in [-0.15, -0.1) is 0 Å². The van der Waals surface area contributed by atoms with Crippen molar-refractivity contribution in [3.05, 3.63) is 89.5 Å². The first-order chi connectivity index (χ1) is 12.8. The van der Waals surface area contributed by atoms with Gasteiger partial charge < -0.3 is 10.5 Å². The van der Waals surface area contributed by atoms with Crippen molar-refractivity contribution in [2.45, 2.75) is 25.9 Å². The highest BCUT2D eigenvalue weighted by atomic mass is 16.5. The summed E-state index contributed by atoms with van der Waals surface area (Å²) in [7, 11) is 0. The second kappa shape index (κ2) is 7.76. The Hall–Kier alpha value is -2.58. The van der Waals surface area contributed by atoms with Gasteiger partial charge in [-0.3, -0.25) is 0 Å². The molecule has 0 heterocycles. The summed E-state index contributed by atoms with van der Waals surface area (Å²) >= 11 is 0. The molecule has 0 saturated heterocycles. The summed E-state index contributed by atoms with van der Waals surface area (Å²) in [6, 6.07) is 25.6. The molecule has 2 N–H and O–H groups in total. The quantitative estimate of drug-likeness (QED) is 0.708. The minimum absolute atomic E-state index is 0.588. The summed E-state index contributed by atoms with van der Waals surface area (Å²) in [4.78, 5) is 0. The third kappa shape index (κ3) is 3.81. The van der Waals surface area contributed by atoms with Gasteiger partial charge in [-0.25, -0.2) is 0 Å². The van der Waals surface area contributed by atoms with Gasteiger partial charge in [0.2, 0.25) is 0 Å². The van der Waals surface area contributed by atoms with Crippen molar-refractivity contribution in [1.29, 1.82) is 0 Å². The molecule has 0 aromatic heterocycles. The average molecular weight is 343 g/mol. The standard InChI is InChI=1S/C24H25NO/c25-16-18-9-10-23-15-24(12-11-22(23)13-18)26-17-19-5-4-8-21(14-19)20-6-2-1-3-7-20/h1-8,11-12,14-15,18H,9-10,13,16-17,25H2. The predicted octanol–water partition coefficient (Wildman–Crippen LogP) is 5.00. The first-order valence-corrected chi connectivity index (χ1v) is 9.41. The fourth-order valence-corrected chi connectivity index (χ4v) is 3.74. The molecule has 0 fully saturated rings. The van der Waals surface area contributed by atoms with Crippen molar-refractivity contribution in [3.63, 3.8) is 0 Å². The average Bonchev–Trinajstić information content (AvgIpc) is 2.72. The number of fused-ring (bicyclic) bond motifs is 1. The van der Waals surface area contributed by atoms with Crippen LogP contribution < -0.4 is 10.5 Å². The molecule has 2 heteroatoms. The first kappa shape index (κ1) is 16.9. The topological polar surface area (TPSA) is 35.2 Å². The van der Waals surface area contributed by atoms with Crippen molar-refractivity contribution in [2.24, 2.45) is 11.7 Å². The van der Waals surface area contributed by atoms with E-state index in [0.717, 1.165) is 25.1 Å². The SMILES string of the molecule is NCC1CCc2cc(OCc3cccc(-c4ccccc4)c3)ccc2C1. The molecule has 4 rings (SSSR count). The lowest BCUT2D eigenvalue weighted by atomic mass is 9.84. The van der Waals surface area contributed by atoms with E-state index in [1.807, 2.05) is 6.07 Å². The number of ether oxygens (including phenoxy) is 1. The second-order valence-electron chi connectivity index (χ2n) is 7.13. The fraction of sp³-hybridized carbons (Fsp3) is 0.250. The van der Waals surface area contributed by atoms with E-state index >= 15 is 0 Å². The number of hydrogen-bond donors (Lipinski definition) is 1. The summed E-state index contributed by atoms with van der Waals surface area (Å²) in [5.41, 5.74) is 12.3. The number of hydrogen-bond acceptors (Lipinski definition) is 2. The van der Waals surface area contributed by atoms with E-state index in [0.29, 0.717) is 12.5 Å².